The molecule has 11 heteroatoms. The number of hydrogen-bond donors (Lipinski definition) is 1. The second-order valence-corrected chi connectivity index (χ2v) is 8.48. The zero-order valence-electron chi connectivity index (χ0n) is 13.8. The Morgan fingerprint density at radius 3 is 2.72 bits per heavy atom. The molecule has 9 nitrogen and oxygen atoms in total. The Morgan fingerprint density at radius 1 is 1.36 bits per heavy atom. The second kappa shape index (κ2) is 7.20. The Hall–Kier alpha value is -1.82. The van der Waals surface area contributed by atoms with E-state index in [4.69, 9.17) is 9.26 Å². The molecule has 3 rings (SSSR count). The summed E-state index contributed by atoms with van der Waals surface area (Å²) >= 11 is 1.25. The Labute approximate surface area is 149 Å². The maximum atomic E-state index is 12.5. The lowest BCUT2D eigenvalue weighted by molar-refractivity contribution is -0.133. The van der Waals surface area contributed by atoms with Crippen molar-refractivity contribution >= 4 is 27.3 Å². The minimum absolute atomic E-state index is 0.115. The quantitative estimate of drug-likeness (QED) is 0.798. The maximum Gasteiger partial charge on any atom is 0.242 e. The number of nitrogens with zero attached hydrogens (tertiary/aromatic N) is 3. The Kier molecular flexibility index (Phi) is 5.18. The van der Waals surface area contributed by atoms with Crippen molar-refractivity contribution in [3.05, 3.63) is 16.8 Å². The average molecular weight is 386 g/mol. The number of carbonyl (C=O) groups is 1. The van der Waals surface area contributed by atoms with Gasteiger partial charge in [0.2, 0.25) is 27.6 Å². The highest BCUT2D eigenvalue weighted by Gasteiger charge is 2.24. The van der Waals surface area contributed by atoms with Crippen LogP contribution in [0.3, 0.4) is 0 Å². The highest BCUT2D eigenvalue weighted by molar-refractivity contribution is 7.89. The van der Waals surface area contributed by atoms with Crippen LogP contribution in [0.4, 0.5) is 0 Å². The van der Waals surface area contributed by atoms with Gasteiger partial charge in [0.1, 0.15) is 0 Å². The second-order valence-electron chi connectivity index (χ2n) is 5.49. The summed E-state index contributed by atoms with van der Waals surface area (Å²) < 4.78 is 37.5. The molecule has 0 unspecified atom stereocenters. The molecule has 0 radical (unpaired) electrons. The van der Waals surface area contributed by atoms with E-state index >= 15 is 0 Å². The lowest BCUT2D eigenvalue weighted by atomic mass is 10.4. The number of rotatable bonds is 5. The first-order valence-electron chi connectivity index (χ1n) is 7.63. The smallest absolute Gasteiger partial charge is 0.242 e. The minimum atomic E-state index is -3.81. The molecule has 0 aromatic carbocycles. The molecule has 0 aliphatic carbocycles. The topological polar surface area (TPSA) is 115 Å². The number of ether oxygens (including phenoxy) is 1. The number of amides is 1. The molecule has 2 aromatic heterocycles. The summed E-state index contributed by atoms with van der Waals surface area (Å²) in [5.74, 6) is 0.477. The van der Waals surface area contributed by atoms with E-state index in [2.05, 4.69) is 14.9 Å². The Bertz CT molecular complexity index is 868. The normalized spacial score (nSPS) is 15.5. The van der Waals surface area contributed by atoms with Crippen LogP contribution in [0, 0.1) is 13.8 Å². The van der Waals surface area contributed by atoms with Gasteiger partial charge in [0.05, 0.1) is 29.5 Å². The number of nitrogens with one attached hydrogen (secondary N) is 1. The SMILES string of the molecule is Cc1nc(-c2cc(S(=O)(=O)NCC(=O)N3CCOCC3)c(C)s2)no1. The molecule has 1 saturated heterocycles. The van der Waals surface area contributed by atoms with Crippen LogP contribution in [-0.4, -0.2) is 62.2 Å². The monoisotopic (exact) mass is 386 g/mol. The van der Waals surface area contributed by atoms with E-state index < -0.39 is 10.0 Å². The zero-order chi connectivity index (χ0) is 18.0. The van der Waals surface area contributed by atoms with Crippen molar-refractivity contribution in [3.63, 3.8) is 0 Å². The van der Waals surface area contributed by atoms with Gasteiger partial charge in [0.15, 0.2) is 0 Å². The van der Waals surface area contributed by atoms with Crippen molar-refractivity contribution in [2.24, 2.45) is 0 Å². The molecule has 1 fully saturated rings. The molecule has 136 valence electrons. The van der Waals surface area contributed by atoms with E-state index in [0.29, 0.717) is 47.8 Å². The van der Waals surface area contributed by atoms with Crippen LogP contribution in [0.25, 0.3) is 10.7 Å². The number of aromatic nitrogens is 2. The molecule has 25 heavy (non-hydrogen) atoms. The van der Waals surface area contributed by atoms with Gasteiger partial charge in [-0.25, -0.2) is 13.1 Å². The molecule has 0 saturated carbocycles. The van der Waals surface area contributed by atoms with Gasteiger partial charge in [-0.2, -0.15) is 4.98 Å². The van der Waals surface area contributed by atoms with E-state index in [9.17, 15) is 13.2 Å². The third-order valence-corrected chi connectivity index (χ3v) is 6.39. The van der Waals surface area contributed by atoms with Gasteiger partial charge < -0.3 is 14.2 Å². The Morgan fingerprint density at radius 2 is 2.08 bits per heavy atom. The molecule has 2 aromatic rings. The standard InChI is InChI=1S/C14H18N4O5S2/c1-9-12(7-11(24-9)14-16-10(2)23-17-14)25(20,21)15-8-13(19)18-3-5-22-6-4-18/h7,15H,3-6,8H2,1-2H3. The molecule has 1 aliphatic rings. The molecule has 0 atom stereocenters. The number of thiophene rings is 1. The number of hydrogen-bond acceptors (Lipinski definition) is 8. The predicted octanol–water partition coefficient (Wildman–Crippen LogP) is 0.552. The van der Waals surface area contributed by atoms with E-state index in [-0.39, 0.29) is 17.3 Å². The van der Waals surface area contributed by atoms with Crippen molar-refractivity contribution in [1.82, 2.24) is 19.8 Å². The van der Waals surface area contributed by atoms with E-state index in [1.165, 1.54) is 17.4 Å². The molecule has 1 amide bonds. The van der Waals surface area contributed by atoms with Gasteiger partial charge in [0, 0.05) is 24.9 Å². The highest BCUT2D eigenvalue weighted by Crippen LogP contribution is 2.31. The summed E-state index contributed by atoms with van der Waals surface area (Å²) in [6.07, 6.45) is 0. The van der Waals surface area contributed by atoms with E-state index in [1.807, 2.05) is 0 Å². The van der Waals surface area contributed by atoms with Crippen LogP contribution < -0.4 is 4.72 Å². The number of morpholine rings is 1. The van der Waals surface area contributed by atoms with Crippen LogP contribution in [-0.2, 0) is 19.6 Å². The van der Waals surface area contributed by atoms with Crippen LogP contribution in [0.2, 0.25) is 0 Å². The lowest BCUT2D eigenvalue weighted by Crippen LogP contribution is -2.45. The molecule has 1 N–H and O–H groups in total. The fraction of sp³-hybridized carbons (Fsp3) is 0.500. The van der Waals surface area contributed by atoms with Crippen LogP contribution in [0.5, 0.6) is 0 Å². The first-order valence-corrected chi connectivity index (χ1v) is 9.93. The fourth-order valence-electron chi connectivity index (χ4n) is 2.40. The van der Waals surface area contributed by atoms with Gasteiger partial charge in [-0.05, 0) is 13.0 Å². The minimum Gasteiger partial charge on any atom is -0.378 e. The summed E-state index contributed by atoms with van der Waals surface area (Å²) in [4.78, 5) is 19.1. The van der Waals surface area contributed by atoms with Gasteiger partial charge in [-0.15, -0.1) is 11.3 Å². The first kappa shape index (κ1) is 18.0. The third kappa shape index (κ3) is 4.06. The first-order chi connectivity index (χ1) is 11.9. The highest BCUT2D eigenvalue weighted by atomic mass is 32.2. The van der Waals surface area contributed by atoms with Crippen molar-refractivity contribution in [2.45, 2.75) is 18.7 Å². The van der Waals surface area contributed by atoms with Gasteiger partial charge in [0.25, 0.3) is 0 Å². The van der Waals surface area contributed by atoms with Crippen LogP contribution >= 0.6 is 11.3 Å². The fourth-order valence-corrected chi connectivity index (χ4v) is 4.89. The van der Waals surface area contributed by atoms with Crippen molar-refractivity contribution in [2.75, 3.05) is 32.8 Å². The number of carbonyl (C=O) groups excluding carboxylic acids is 1. The Balaban J connectivity index is 1.71. The largest absolute Gasteiger partial charge is 0.378 e. The van der Waals surface area contributed by atoms with E-state index in [0.717, 1.165) is 0 Å². The zero-order valence-corrected chi connectivity index (χ0v) is 15.4. The van der Waals surface area contributed by atoms with Crippen LogP contribution in [0.1, 0.15) is 10.8 Å². The van der Waals surface area contributed by atoms with Crippen molar-refractivity contribution in [3.8, 4) is 10.7 Å². The molecule has 0 spiro atoms. The van der Waals surface area contributed by atoms with E-state index in [1.54, 1.807) is 18.7 Å². The summed E-state index contributed by atoms with van der Waals surface area (Å²) in [5, 5.41) is 3.79. The van der Waals surface area contributed by atoms with Crippen molar-refractivity contribution in [1.29, 1.82) is 0 Å². The number of aryl methyl sites for hydroxylation is 2. The van der Waals surface area contributed by atoms with Gasteiger partial charge >= 0.3 is 0 Å². The van der Waals surface area contributed by atoms with Gasteiger partial charge in [-0.3, -0.25) is 4.79 Å². The molecular formula is C14H18N4O5S2. The van der Waals surface area contributed by atoms with Gasteiger partial charge in [-0.1, -0.05) is 5.16 Å². The number of sulfonamides is 1. The molecule has 1 aliphatic heterocycles. The third-order valence-electron chi connectivity index (χ3n) is 3.69. The summed E-state index contributed by atoms with van der Waals surface area (Å²) in [7, 11) is -3.81. The summed E-state index contributed by atoms with van der Waals surface area (Å²) in [6.45, 7) is 4.95. The predicted molar refractivity (Wildman–Crippen MR) is 89.7 cm³/mol. The average Bonchev–Trinajstić information content (AvgIpc) is 3.19. The maximum absolute atomic E-state index is 12.5. The summed E-state index contributed by atoms with van der Waals surface area (Å²) in [5.41, 5.74) is 0. The molecular weight excluding hydrogens is 368 g/mol. The summed E-state index contributed by atoms with van der Waals surface area (Å²) in [6, 6.07) is 1.49. The lowest BCUT2D eigenvalue weighted by Gasteiger charge is -2.26. The molecule has 0 bridgehead atoms. The van der Waals surface area contributed by atoms with Crippen molar-refractivity contribution < 1.29 is 22.5 Å². The van der Waals surface area contributed by atoms with Crippen LogP contribution in [0.15, 0.2) is 15.5 Å². The molecule has 3 heterocycles.